The molecule has 0 unspecified atom stereocenters. The van der Waals surface area contributed by atoms with Crippen molar-refractivity contribution in [3.05, 3.63) is 71.9 Å². The molecule has 6 heteroatoms. The molecule has 1 saturated heterocycles. The van der Waals surface area contributed by atoms with E-state index in [1.165, 1.54) is 24.9 Å². The third-order valence-corrected chi connectivity index (χ3v) is 5.78. The summed E-state index contributed by atoms with van der Waals surface area (Å²) >= 11 is 0. The Bertz CT molecular complexity index is 1180. The van der Waals surface area contributed by atoms with Crippen LogP contribution in [0.4, 0.5) is 16.2 Å². The maximum absolute atomic E-state index is 12.7. The molecule has 0 saturated carbocycles. The molecule has 0 radical (unpaired) electrons. The highest BCUT2D eigenvalue weighted by molar-refractivity contribution is 6.07. The third-order valence-electron chi connectivity index (χ3n) is 5.78. The van der Waals surface area contributed by atoms with Gasteiger partial charge in [-0.05, 0) is 73.7 Å². The van der Waals surface area contributed by atoms with E-state index in [0.29, 0.717) is 17.9 Å². The molecule has 0 atom stereocenters. The molecular weight excluding hydrogens is 426 g/mol. The Kier molecular flexibility index (Phi) is 7.58. The van der Waals surface area contributed by atoms with Gasteiger partial charge in [0.1, 0.15) is 0 Å². The summed E-state index contributed by atoms with van der Waals surface area (Å²) in [7, 11) is 0. The molecule has 6 nitrogen and oxygen atoms in total. The zero-order valence-electron chi connectivity index (χ0n) is 19.8. The van der Waals surface area contributed by atoms with E-state index in [9.17, 15) is 9.59 Å². The number of nitrogens with zero attached hydrogens (tertiary/aromatic N) is 2. The predicted molar refractivity (Wildman–Crippen MR) is 137 cm³/mol. The van der Waals surface area contributed by atoms with Gasteiger partial charge < -0.3 is 9.64 Å². The van der Waals surface area contributed by atoms with Crippen LogP contribution in [-0.2, 0) is 4.74 Å². The first kappa shape index (κ1) is 23.5. The van der Waals surface area contributed by atoms with Gasteiger partial charge in [0.25, 0.3) is 0 Å². The number of anilines is 2. The number of rotatable bonds is 7. The highest BCUT2D eigenvalue weighted by Crippen LogP contribution is 2.29. The molecule has 1 aliphatic heterocycles. The summed E-state index contributed by atoms with van der Waals surface area (Å²) in [6, 6.07) is 17.0. The summed E-state index contributed by atoms with van der Waals surface area (Å²) in [5, 5.41) is 3.81. The number of fused-ring (bicyclic) bond motifs is 1. The number of carbonyl (C=O) groups excluding carboxylic acids is 2. The zero-order valence-corrected chi connectivity index (χ0v) is 19.8. The fraction of sp³-hybridized carbons (Fsp3) is 0.321. The van der Waals surface area contributed by atoms with Crippen LogP contribution >= 0.6 is 0 Å². The molecule has 1 aromatic heterocycles. The zero-order chi connectivity index (χ0) is 23.9. The Morgan fingerprint density at radius 1 is 1.06 bits per heavy atom. The number of nitrogens with one attached hydrogen (secondary N) is 1. The van der Waals surface area contributed by atoms with Crippen LogP contribution in [0.1, 0.15) is 49.2 Å². The van der Waals surface area contributed by atoms with E-state index in [1.807, 2.05) is 32.0 Å². The number of carbonyl (C=O) groups is 2. The Labute approximate surface area is 200 Å². The number of hydrogen-bond acceptors (Lipinski definition) is 5. The standard InChI is InChI=1S/C28H31N3O3/c1-20(2)19-34-28(33)30-22-12-10-21(11-13-22)27(32)15-14-23-18-26(31-16-6-3-7-17-31)24-8-4-5-9-25(24)29-23/h4-5,8-15,18,20H,3,6-7,16-17,19H2,1-2H3,(H,30,33)/b15-14+. The lowest BCUT2D eigenvalue weighted by Crippen LogP contribution is -2.29. The topological polar surface area (TPSA) is 71.5 Å². The number of piperidine rings is 1. The molecule has 176 valence electrons. The highest BCUT2D eigenvalue weighted by atomic mass is 16.5. The minimum absolute atomic E-state index is 0.122. The number of allylic oxidation sites excluding steroid dienone is 1. The molecule has 0 bridgehead atoms. The van der Waals surface area contributed by atoms with Crippen molar-refractivity contribution >= 4 is 40.2 Å². The van der Waals surface area contributed by atoms with Crippen molar-refractivity contribution in [3.8, 4) is 0 Å². The monoisotopic (exact) mass is 457 g/mol. The number of hydrogen-bond donors (Lipinski definition) is 1. The molecule has 34 heavy (non-hydrogen) atoms. The van der Waals surface area contributed by atoms with Crippen molar-refractivity contribution in [2.24, 2.45) is 5.92 Å². The number of ether oxygens (including phenoxy) is 1. The molecule has 2 aromatic carbocycles. The predicted octanol–water partition coefficient (Wildman–Crippen LogP) is 6.33. The number of ketones is 1. The highest BCUT2D eigenvalue weighted by Gasteiger charge is 2.15. The maximum Gasteiger partial charge on any atom is 0.411 e. The fourth-order valence-corrected chi connectivity index (χ4v) is 4.03. The second-order valence-electron chi connectivity index (χ2n) is 9.02. The van der Waals surface area contributed by atoms with Gasteiger partial charge in [-0.3, -0.25) is 10.1 Å². The number of benzene rings is 2. The van der Waals surface area contributed by atoms with E-state index in [0.717, 1.165) is 29.7 Å². The third kappa shape index (κ3) is 6.01. The summed E-state index contributed by atoms with van der Waals surface area (Å²) in [6.45, 7) is 6.39. The first-order valence-corrected chi connectivity index (χ1v) is 11.9. The van der Waals surface area contributed by atoms with Gasteiger partial charge in [-0.15, -0.1) is 0 Å². The first-order chi connectivity index (χ1) is 16.5. The summed E-state index contributed by atoms with van der Waals surface area (Å²) in [5.41, 5.74) is 3.99. The molecule has 3 aromatic rings. The molecule has 1 amide bonds. The number of pyridine rings is 1. The van der Waals surface area contributed by atoms with Crippen LogP contribution in [0.2, 0.25) is 0 Å². The minimum Gasteiger partial charge on any atom is -0.449 e. The van der Waals surface area contributed by atoms with E-state index >= 15 is 0 Å². The first-order valence-electron chi connectivity index (χ1n) is 11.9. The largest absolute Gasteiger partial charge is 0.449 e. The van der Waals surface area contributed by atoms with Crippen LogP contribution in [0.3, 0.4) is 0 Å². The van der Waals surface area contributed by atoms with E-state index < -0.39 is 6.09 Å². The van der Waals surface area contributed by atoms with Crippen molar-refractivity contribution in [1.29, 1.82) is 0 Å². The van der Waals surface area contributed by atoms with Crippen LogP contribution in [0.15, 0.2) is 60.7 Å². The van der Waals surface area contributed by atoms with Crippen LogP contribution in [-0.4, -0.2) is 36.6 Å². The molecule has 1 N–H and O–H groups in total. The summed E-state index contributed by atoms with van der Waals surface area (Å²) < 4.78 is 5.12. The second kappa shape index (κ2) is 11.0. The van der Waals surface area contributed by atoms with Crippen molar-refractivity contribution in [2.75, 3.05) is 29.9 Å². The normalized spacial score (nSPS) is 14.0. The van der Waals surface area contributed by atoms with Gasteiger partial charge in [0.15, 0.2) is 5.78 Å². The Morgan fingerprint density at radius 3 is 2.53 bits per heavy atom. The van der Waals surface area contributed by atoms with E-state index in [1.54, 1.807) is 36.4 Å². The summed E-state index contributed by atoms with van der Waals surface area (Å²) in [5.74, 6) is 0.147. The van der Waals surface area contributed by atoms with Crippen LogP contribution in [0.5, 0.6) is 0 Å². The van der Waals surface area contributed by atoms with E-state index in [-0.39, 0.29) is 11.7 Å². The lowest BCUT2D eigenvalue weighted by atomic mass is 10.1. The van der Waals surface area contributed by atoms with Gasteiger partial charge in [0.05, 0.1) is 17.8 Å². The van der Waals surface area contributed by atoms with Crippen LogP contribution < -0.4 is 10.2 Å². The second-order valence-corrected chi connectivity index (χ2v) is 9.02. The lowest BCUT2D eigenvalue weighted by molar-refractivity contribution is 0.104. The van der Waals surface area contributed by atoms with Crippen molar-refractivity contribution < 1.29 is 14.3 Å². The van der Waals surface area contributed by atoms with Gasteiger partial charge in [-0.1, -0.05) is 32.0 Å². The maximum atomic E-state index is 12.7. The van der Waals surface area contributed by atoms with Crippen molar-refractivity contribution in [3.63, 3.8) is 0 Å². The molecule has 1 aliphatic rings. The number of amides is 1. The molecular formula is C28H31N3O3. The fourth-order valence-electron chi connectivity index (χ4n) is 4.03. The molecule has 1 fully saturated rings. The van der Waals surface area contributed by atoms with Crippen molar-refractivity contribution in [1.82, 2.24) is 4.98 Å². The SMILES string of the molecule is CC(C)COC(=O)Nc1ccc(C(=O)/C=C/c2cc(N3CCCCC3)c3ccccc3n2)cc1. The Hall–Kier alpha value is -3.67. The average Bonchev–Trinajstić information content (AvgIpc) is 2.86. The summed E-state index contributed by atoms with van der Waals surface area (Å²) in [6.07, 6.45) is 6.49. The smallest absolute Gasteiger partial charge is 0.411 e. The van der Waals surface area contributed by atoms with Gasteiger partial charge in [0, 0.05) is 35.4 Å². The minimum atomic E-state index is -0.500. The molecule has 4 rings (SSSR count). The van der Waals surface area contributed by atoms with Gasteiger partial charge in [0.2, 0.25) is 0 Å². The van der Waals surface area contributed by atoms with E-state index in [2.05, 4.69) is 22.3 Å². The number of para-hydroxylation sites is 1. The molecule has 0 aliphatic carbocycles. The van der Waals surface area contributed by atoms with Crippen molar-refractivity contribution in [2.45, 2.75) is 33.1 Å². The quantitative estimate of drug-likeness (QED) is 0.332. The van der Waals surface area contributed by atoms with E-state index in [4.69, 9.17) is 9.72 Å². The van der Waals surface area contributed by atoms with Gasteiger partial charge in [-0.25, -0.2) is 9.78 Å². The molecule has 2 heterocycles. The Morgan fingerprint density at radius 2 is 1.79 bits per heavy atom. The lowest BCUT2D eigenvalue weighted by Gasteiger charge is -2.30. The number of aromatic nitrogens is 1. The van der Waals surface area contributed by atoms with Gasteiger partial charge in [-0.2, -0.15) is 0 Å². The molecule has 0 spiro atoms. The Balaban J connectivity index is 1.47. The van der Waals surface area contributed by atoms with Crippen LogP contribution in [0.25, 0.3) is 17.0 Å². The summed E-state index contributed by atoms with van der Waals surface area (Å²) in [4.78, 5) is 31.7. The van der Waals surface area contributed by atoms with Crippen LogP contribution in [0, 0.1) is 5.92 Å². The average molecular weight is 458 g/mol. The van der Waals surface area contributed by atoms with Gasteiger partial charge >= 0.3 is 6.09 Å².